The number of hydrogen-bond donors (Lipinski definition) is 1. The zero-order valence-electron chi connectivity index (χ0n) is 11.8. The molecule has 5 unspecified atom stereocenters. The SMILES string of the molecule is CCCNC(CC(C)C)C1C2C3CCC(C3)C21. The summed E-state index contributed by atoms with van der Waals surface area (Å²) >= 11 is 0. The maximum Gasteiger partial charge on any atom is 0.0103 e. The van der Waals surface area contributed by atoms with Gasteiger partial charge in [-0.1, -0.05) is 20.8 Å². The Bertz CT molecular complexity index is 257. The van der Waals surface area contributed by atoms with Gasteiger partial charge in [-0.25, -0.2) is 0 Å². The van der Waals surface area contributed by atoms with Gasteiger partial charge in [-0.2, -0.15) is 0 Å². The minimum absolute atomic E-state index is 0.841. The highest BCUT2D eigenvalue weighted by Crippen LogP contribution is 2.70. The van der Waals surface area contributed by atoms with Crippen LogP contribution in [0.3, 0.4) is 0 Å². The molecule has 98 valence electrons. The van der Waals surface area contributed by atoms with Gasteiger partial charge in [-0.3, -0.25) is 0 Å². The van der Waals surface area contributed by atoms with E-state index < -0.39 is 0 Å². The van der Waals surface area contributed by atoms with Crippen molar-refractivity contribution in [2.24, 2.45) is 35.5 Å². The van der Waals surface area contributed by atoms with Crippen LogP contribution in [0.4, 0.5) is 0 Å². The van der Waals surface area contributed by atoms with Crippen LogP contribution in [-0.4, -0.2) is 12.6 Å². The molecule has 1 nitrogen and oxygen atoms in total. The number of nitrogens with one attached hydrogen (secondary N) is 1. The van der Waals surface area contributed by atoms with Crippen molar-refractivity contribution in [1.29, 1.82) is 0 Å². The van der Waals surface area contributed by atoms with Crippen LogP contribution in [0.25, 0.3) is 0 Å². The Morgan fingerprint density at radius 2 is 1.76 bits per heavy atom. The average Bonchev–Trinajstić information content (AvgIpc) is 2.73. The highest BCUT2D eigenvalue weighted by molar-refractivity contribution is 5.15. The van der Waals surface area contributed by atoms with Gasteiger partial charge in [-0.05, 0) is 74.2 Å². The Labute approximate surface area is 107 Å². The van der Waals surface area contributed by atoms with Gasteiger partial charge in [0.2, 0.25) is 0 Å². The molecule has 0 radical (unpaired) electrons. The molecule has 0 aromatic carbocycles. The molecule has 0 saturated heterocycles. The molecule has 3 saturated carbocycles. The first-order chi connectivity index (χ1) is 8.22. The quantitative estimate of drug-likeness (QED) is 0.740. The molecule has 2 bridgehead atoms. The van der Waals surface area contributed by atoms with Gasteiger partial charge < -0.3 is 5.32 Å². The molecule has 3 aliphatic rings. The van der Waals surface area contributed by atoms with E-state index in [9.17, 15) is 0 Å². The van der Waals surface area contributed by atoms with Gasteiger partial charge in [0, 0.05) is 6.04 Å². The standard InChI is InChI=1S/C16H29N/c1-4-7-17-13(8-10(2)3)16-14-11-5-6-12(9-11)15(14)16/h10-17H,4-9H2,1-3H3. The minimum Gasteiger partial charge on any atom is -0.314 e. The van der Waals surface area contributed by atoms with Crippen LogP contribution in [0.2, 0.25) is 0 Å². The molecule has 3 aliphatic carbocycles. The third-order valence-electron chi connectivity index (χ3n) is 5.64. The second-order valence-electron chi connectivity index (χ2n) is 7.26. The second-order valence-corrected chi connectivity index (χ2v) is 7.26. The fraction of sp³-hybridized carbons (Fsp3) is 1.00. The minimum atomic E-state index is 0.841. The van der Waals surface area contributed by atoms with E-state index in [1.807, 2.05) is 0 Å². The lowest BCUT2D eigenvalue weighted by atomic mass is 9.92. The van der Waals surface area contributed by atoms with Gasteiger partial charge >= 0.3 is 0 Å². The highest BCUT2D eigenvalue weighted by atomic mass is 14.9. The molecule has 3 fully saturated rings. The predicted molar refractivity (Wildman–Crippen MR) is 72.8 cm³/mol. The lowest BCUT2D eigenvalue weighted by Crippen LogP contribution is -2.35. The van der Waals surface area contributed by atoms with E-state index in [4.69, 9.17) is 0 Å². The number of fused-ring (bicyclic) bond motifs is 5. The summed E-state index contributed by atoms with van der Waals surface area (Å²) in [5, 5.41) is 3.86. The van der Waals surface area contributed by atoms with Crippen LogP contribution in [0.1, 0.15) is 52.9 Å². The topological polar surface area (TPSA) is 12.0 Å². The Hall–Kier alpha value is -0.0400. The predicted octanol–water partition coefficient (Wildman–Crippen LogP) is 3.69. The molecule has 1 N–H and O–H groups in total. The Balaban J connectivity index is 1.61. The van der Waals surface area contributed by atoms with Crippen molar-refractivity contribution in [2.45, 2.75) is 58.9 Å². The van der Waals surface area contributed by atoms with Crippen molar-refractivity contribution in [1.82, 2.24) is 5.32 Å². The van der Waals surface area contributed by atoms with Gasteiger partial charge in [0.05, 0.1) is 0 Å². The molecule has 0 aromatic heterocycles. The maximum absolute atomic E-state index is 3.86. The largest absolute Gasteiger partial charge is 0.314 e. The molecular weight excluding hydrogens is 206 g/mol. The summed E-state index contributed by atoms with van der Waals surface area (Å²) < 4.78 is 0. The fourth-order valence-electron chi connectivity index (χ4n) is 5.14. The highest BCUT2D eigenvalue weighted by Gasteiger charge is 2.66. The van der Waals surface area contributed by atoms with Crippen LogP contribution in [0.5, 0.6) is 0 Å². The smallest absolute Gasteiger partial charge is 0.0103 e. The first-order valence-corrected chi connectivity index (χ1v) is 7.95. The number of hydrogen-bond acceptors (Lipinski definition) is 1. The Kier molecular flexibility index (Phi) is 3.23. The Morgan fingerprint density at radius 1 is 1.12 bits per heavy atom. The summed E-state index contributed by atoms with van der Waals surface area (Å²) in [6.07, 6.45) is 7.39. The third kappa shape index (κ3) is 2.05. The molecule has 0 heterocycles. The van der Waals surface area contributed by atoms with Crippen molar-refractivity contribution in [2.75, 3.05) is 6.54 Å². The van der Waals surface area contributed by atoms with E-state index >= 15 is 0 Å². The van der Waals surface area contributed by atoms with Crippen molar-refractivity contribution in [3.8, 4) is 0 Å². The van der Waals surface area contributed by atoms with Crippen LogP contribution in [-0.2, 0) is 0 Å². The van der Waals surface area contributed by atoms with E-state index in [1.54, 1.807) is 19.3 Å². The van der Waals surface area contributed by atoms with Crippen LogP contribution >= 0.6 is 0 Å². The average molecular weight is 235 g/mol. The summed E-state index contributed by atoms with van der Waals surface area (Å²) in [4.78, 5) is 0. The number of rotatable bonds is 6. The van der Waals surface area contributed by atoms with Gasteiger partial charge in [0.1, 0.15) is 0 Å². The summed E-state index contributed by atoms with van der Waals surface area (Å²) in [6.45, 7) is 8.28. The second kappa shape index (κ2) is 4.57. The van der Waals surface area contributed by atoms with Crippen LogP contribution in [0, 0.1) is 35.5 Å². The summed E-state index contributed by atoms with van der Waals surface area (Å²) in [6, 6.07) is 0.841. The lowest BCUT2D eigenvalue weighted by molar-refractivity contribution is 0.321. The third-order valence-corrected chi connectivity index (χ3v) is 5.64. The van der Waals surface area contributed by atoms with Crippen LogP contribution < -0.4 is 5.32 Å². The summed E-state index contributed by atoms with van der Waals surface area (Å²) in [7, 11) is 0. The van der Waals surface area contributed by atoms with Gasteiger partial charge in [0.25, 0.3) is 0 Å². The fourth-order valence-corrected chi connectivity index (χ4v) is 5.14. The molecule has 0 aliphatic heterocycles. The van der Waals surface area contributed by atoms with Gasteiger partial charge in [-0.15, -0.1) is 0 Å². The molecule has 17 heavy (non-hydrogen) atoms. The van der Waals surface area contributed by atoms with E-state index in [1.165, 1.54) is 19.4 Å². The lowest BCUT2D eigenvalue weighted by Gasteiger charge is -2.23. The normalized spacial score (nSPS) is 44.1. The van der Waals surface area contributed by atoms with Crippen molar-refractivity contribution < 1.29 is 0 Å². The van der Waals surface area contributed by atoms with Crippen LogP contribution in [0.15, 0.2) is 0 Å². The van der Waals surface area contributed by atoms with Crippen molar-refractivity contribution in [3.63, 3.8) is 0 Å². The molecule has 0 aromatic rings. The molecular formula is C16H29N. The van der Waals surface area contributed by atoms with E-state index in [-0.39, 0.29) is 0 Å². The maximum atomic E-state index is 3.86. The van der Waals surface area contributed by atoms with E-state index in [0.29, 0.717) is 0 Å². The Morgan fingerprint density at radius 3 is 2.29 bits per heavy atom. The van der Waals surface area contributed by atoms with E-state index in [2.05, 4.69) is 26.1 Å². The van der Waals surface area contributed by atoms with Crippen molar-refractivity contribution >= 4 is 0 Å². The van der Waals surface area contributed by atoms with E-state index in [0.717, 1.165) is 41.5 Å². The zero-order chi connectivity index (χ0) is 12.0. The molecule has 0 amide bonds. The first-order valence-electron chi connectivity index (χ1n) is 7.95. The molecule has 3 rings (SSSR count). The van der Waals surface area contributed by atoms with Gasteiger partial charge in [0.15, 0.2) is 0 Å². The summed E-state index contributed by atoms with van der Waals surface area (Å²) in [5.41, 5.74) is 0. The van der Waals surface area contributed by atoms with Crippen molar-refractivity contribution in [3.05, 3.63) is 0 Å². The summed E-state index contributed by atoms with van der Waals surface area (Å²) in [5.74, 6) is 6.46. The molecule has 1 heteroatoms. The molecule has 0 spiro atoms. The monoisotopic (exact) mass is 235 g/mol. The zero-order valence-corrected chi connectivity index (χ0v) is 11.8. The first kappa shape index (κ1) is 12.0. The molecule has 5 atom stereocenters.